The molecule has 134 valence electrons. The molecule has 0 N–H and O–H groups in total. The summed E-state index contributed by atoms with van der Waals surface area (Å²) in [5.74, 6) is 0. The Morgan fingerprint density at radius 1 is 0.909 bits per heavy atom. The molecule has 0 atom stereocenters. The molecule has 0 amide bonds. The van der Waals surface area contributed by atoms with Crippen molar-refractivity contribution in [3.8, 4) is 0 Å². The average Bonchev–Trinajstić information content (AvgIpc) is 2.55. The van der Waals surface area contributed by atoms with Gasteiger partial charge in [0.1, 0.15) is 0 Å². The van der Waals surface area contributed by atoms with Crippen LogP contribution in [0, 0.1) is 0 Å². The van der Waals surface area contributed by atoms with Crippen molar-refractivity contribution in [2.24, 2.45) is 0 Å². The Morgan fingerprint density at radius 3 is 1.64 bits per heavy atom. The van der Waals surface area contributed by atoms with Crippen molar-refractivity contribution < 1.29 is 0 Å². The summed E-state index contributed by atoms with van der Waals surface area (Å²) < 4.78 is 0. The minimum absolute atomic E-state index is 1.19. The highest BCUT2D eigenvalue weighted by Crippen LogP contribution is 2.02. The van der Waals surface area contributed by atoms with E-state index < -0.39 is 0 Å². The first-order chi connectivity index (χ1) is 10.6. The highest BCUT2D eigenvalue weighted by molar-refractivity contribution is 5.19. The lowest BCUT2D eigenvalue weighted by Gasteiger charge is -1.93. The second-order valence-corrected chi connectivity index (χ2v) is 3.86. The molecule has 0 fully saturated rings. The molecule has 0 heterocycles. The Bertz CT molecular complexity index is 239. The van der Waals surface area contributed by atoms with Crippen LogP contribution in [0.1, 0.15) is 95.4 Å². The van der Waals surface area contributed by atoms with Crippen LogP contribution >= 0.6 is 0 Å². The molecule has 0 bridgehead atoms. The van der Waals surface area contributed by atoms with Crippen LogP contribution in [0.2, 0.25) is 0 Å². The van der Waals surface area contributed by atoms with E-state index in [1.807, 2.05) is 73.6 Å². The summed E-state index contributed by atoms with van der Waals surface area (Å²) >= 11 is 0. The molecule has 0 aromatic rings. The van der Waals surface area contributed by atoms with Crippen molar-refractivity contribution >= 4 is 0 Å². The maximum atomic E-state index is 3.57. The Hall–Kier alpha value is -1.04. The summed E-state index contributed by atoms with van der Waals surface area (Å²) in [6.07, 6.45) is 13.8. The lowest BCUT2D eigenvalue weighted by molar-refractivity contribution is 0.896. The van der Waals surface area contributed by atoms with Crippen LogP contribution in [-0.4, -0.2) is 0 Å². The van der Waals surface area contributed by atoms with E-state index in [0.717, 1.165) is 0 Å². The fourth-order valence-electron chi connectivity index (χ4n) is 1.35. The van der Waals surface area contributed by atoms with E-state index in [1.54, 1.807) is 6.08 Å². The molecule has 0 rings (SSSR count). The van der Waals surface area contributed by atoms with Gasteiger partial charge in [0.25, 0.3) is 0 Å². The maximum absolute atomic E-state index is 3.57. The first-order valence-corrected chi connectivity index (χ1v) is 9.19. The first-order valence-electron chi connectivity index (χ1n) is 9.19. The molecule has 0 spiro atoms. The summed E-state index contributed by atoms with van der Waals surface area (Å²) in [5.41, 5.74) is 2.78. The molecule has 0 aliphatic carbocycles. The summed E-state index contributed by atoms with van der Waals surface area (Å²) in [5, 5.41) is 0. The number of allylic oxidation sites excluding steroid dienone is 7. The van der Waals surface area contributed by atoms with Crippen molar-refractivity contribution in [1.29, 1.82) is 0 Å². The van der Waals surface area contributed by atoms with Gasteiger partial charge in [-0.05, 0) is 33.6 Å². The summed E-state index contributed by atoms with van der Waals surface area (Å²) in [4.78, 5) is 0. The predicted octanol–water partition coefficient (Wildman–Crippen LogP) is 8.92. The first kappa shape index (κ1) is 32.8. The van der Waals surface area contributed by atoms with Crippen molar-refractivity contribution in [3.05, 3.63) is 48.1 Å². The standard InChI is InChI=1S/C8H16.C8H12.3C2H6/c2*1-4-6-8(3)7-5-2;3*1-2/h6H,4-5,7H2,1-3H3;4-7H,1H2,2-3H3;3*1-2H3/b8-6-;7-5-,8-6-;;;. The van der Waals surface area contributed by atoms with Crippen LogP contribution in [0.25, 0.3) is 0 Å². The topological polar surface area (TPSA) is 0 Å². The third-order valence-electron chi connectivity index (χ3n) is 2.01. The maximum Gasteiger partial charge on any atom is -0.0326 e. The van der Waals surface area contributed by atoms with Crippen molar-refractivity contribution in [2.75, 3.05) is 0 Å². The summed E-state index contributed by atoms with van der Waals surface area (Å²) in [6, 6.07) is 0. The SMILES string of the molecule is C=C/C=C(C)\C=C/C.CC.CC.CC.CC/C=C(/C)CCC. The van der Waals surface area contributed by atoms with Crippen molar-refractivity contribution in [2.45, 2.75) is 95.4 Å². The Balaban J connectivity index is -0.0000000652. The molecule has 0 aliphatic rings. The minimum Gasteiger partial charge on any atom is -0.0991 e. The third-order valence-corrected chi connectivity index (χ3v) is 2.01. The van der Waals surface area contributed by atoms with E-state index in [-0.39, 0.29) is 0 Å². The van der Waals surface area contributed by atoms with Crippen LogP contribution in [0.5, 0.6) is 0 Å². The lowest BCUT2D eigenvalue weighted by Crippen LogP contribution is -1.72. The van der Waals surface area contributed by atoms with Gasteiger partial charge in [0.2, 0.25) is 0 Å². The summed E-state index contributed by atoms with van der Waals surface area (Å²) in [6.45, 7) is 26.2. The van der Waals surface area contributed by atoms with Gasteiger partial charge < -0.3 is 0 Å². The predicted molar refractivity (Wildman–Crippen MR) is 112 cm³/mol. The van der Waals surface area contributed by atoms with Crippen LogP contribution in [-0.2, 0) is 0 Å². The molecule has 0 saturated heterocycles. The second kappa shape index (κ2) is 42.7. The van der Waals surface area contributed by atoms with E-state index in [2.05, 4.69) is 33.4 Å². The summed E-state index contributed by atoms with van der Waals surface area (Å²) in [7, 11) is 0. The highest BCUT2D eigenvalue weighted by Gasteiger charge is 1.82. The van der Waals surface area contributed by atoms with Gasteiger partial charge in [0, 0.05) is 0 Å². The molecule has 22 heavy (non-hydrogen) atoms. The van der Waals surface area contributed by atoms with E-state index in [9.17, 15) is 0 Å². The van der Waals surface area contributed by atoms with Gasteiger partial charge in [-0.15, -0.1) is 0 Å². The molecule has 0 radical (unpaired) electrons. The smallest absolute Gasteiger partial charge is 0.0326 e. The Morgan fingerprint density at radius 2 is 1.36 bits per heavy atom. The van der Waals surface area contributed by atoms with E-state index in [1.165, 1.54) is 30.4 Å². The Labute approximate surface area is 144 Å². The van der Waals surface area contributed by atoms with E-state index in [0.29, 0.717) is 0 Å². The molecular formula is C22H46. The molecule has 0 heteroatoms. The second-order valence-electron chi connectivity index (χ2n) is 3.86. The molecular weight excluding hydrogens is 264 g/mol. The lowest BCUT2D eigenvalue weighted by atomic mass is 10.1. The highest BCUT2D eigenvalue weighted by atomic mass is 13.9. The Kier molecular flexibility index (Phi) is 63.7. The van der Waals surface area contributed by atoms with Gasteiger partial charge in [-0.2, -0.15) is 0 Å². The quantitative estimate of drug-likeness (QED) is 0.351. The van der Waals surface area contributed by atoms with Gasteiger partial charge in [-0.3, -0.25) is 0 Å². The third kappa shape index (κ3) is 50.9. The number of hydrogen-bond acceptors (Lipinski definition) is 0. The van der Waals surface area contributed by atoms with Crippen LogP contribution in [0.15, 0.2) is 48.1 Å². The van der Waals surface area contributed by atoms with Gasteiger partial charge in [-0.1, -0.05) is 110 Å². The van der Waals surface area contributed by atoms with Gasteiger partial charge >= 0.3 is 0 Å². The number of hydrogen-bond donors (Lipinski definition) is 0. The average molecular weight is 311 g/mol. The fraction of sp³-hybridized carbons (Fsp3) is 0.636. The van der Waals surface area contributed by atoms with Crippen molar-refractivity contribution in [1.82, 2.24) is 0 Å². The van der Waals surface area contributed by atoms with Crippen molar-refractivity contribution in [3.63, 3.8) is 0 Å². The normalized spacial score (nSPS) is 9.77. The van der Waals surface area contributed by atoms with Gasteiger partial charge in [0.05, 0.1) is 0 Å². The van der Waals surface area contributed by atoms with E-state index >= 15 is 0 Å². The zero-order valence-corrected chi connectivity index (χ0v) is 17.7. The van der Waals surface area contributed by atoms with Gasteiger partial charge in [-0.25, -0.2) is 0 Å². The van der Waals surface area contributed by atoms with Crippen LogP contribution < -0.4 is 0 Å². The molecule has 0 unspecified atom stereocenters. The zero-order valence-electron chi connectivity index (χ0n) is 17.7. The molecule has 0 nitrogen and oxygen atoms in total. The molecule has 0 aromatic carbocycles. The monoisotopic (exact) mass is 310 g/mol. The zero-order chi connectivity index (χ0) is 18.8. The molecule has 0 aliphatic heterocycles. The van der Waals surface area contributed by atoms with E-state index in [4.69, 9.17) is 0 Å². The largest absolute Gasteiger partial charge is 0.0991 e. The molecule has 0 aromatic heterocycles. The number of rotatable bonds is 5. The minimum atomic E-state index is 1.19. The fourth-order valence-corrected chi connectivity index (χ4v) is 1.35. The van der Waals surface area contributed by atoms with Crippen LogP contribution in [0.4, 0.5) is 0 Å². The molecule has 0 saturated carbocycles. The van der Waals surface area contributed by atoms with Gasteiger partial charge in [0.15, 0.2) is 0 Å². The van der Waals surface area contributed by atoms with Crippen LogP contribution in [0.3, 0.4) is 0 Å².